The number of ether oxygens (including phenoxy) is 2. The summed E-state index contributed by atoms with van der Waals surface area (Å²) in [4.78, 5) is 12.4. The van der Waals surface area contributed by atoms with Crippen LogP contribution in [0.15, 0.2) is 104 Å². The van der Waals surface area contributed by atoms with Gasteiger partial charge in [0.15, 0.2) is 5.88 Å². The number of nitrogens with one attached hydrogen (secondary N) is 1. The molecule has 1 N–H and O–H groups in total. The standard InChI is InChI=1S/C46H69NO3/c1-11-12-20-39(35(4)34(3)28-27-33(2)31-44(37(6)48)40-21-15-13-16-22-40)29-30-49-32-42-25-19-26-43(42)36(5)45(41-23-17-14-18-24-41)47-38(7)50-46(8,9)10/h11,13,15-16,21-22,39,41-45,47H,1-5,7,12,14,17-20,23-32H2,6,8-10H3. The van der Waals surface area contributed by atoms with Crippen molar-refractivity contribution < 1.29 is 14.3 Å². The van der Waals surface area contributed by atoms with Gasteiger partial charge in [-0.2, -0.15) is 0 Å². The molecule has 2 fully saturated rings. The van der Waals surface area contributed by atoms with E-state index in [2.05, 4.69) is 59.0 Å². The van der Waals surface area contributed by atoms with Gasteiger partial charge in [0.25, 0.3) is 0 Å². The molecule has 2 saturated carbocycles. The van der Waals surface area contributed by atoms with Gasteiger partial charge in [0.05, 0.1) is 6.04 Å². The molecule has 0 amide bonds. The minimum absolute atomic E-state index is 0.148. The number of carbonyl (C=O) groups is 1. The second kappa shape index (κ2) is 20.7. The molecule has 5 atom stereocenters. The lowest BCUT2D eigenvalue weighted by atomic mass is 9.76. The number of hydrogen-bond acceptors (Lipinski definition) is 4. The Bertz CT molecular complexity index is 1290. The normalized spacial score (nSPS) is 19.9. The van der Waals surface area contributed by atoms with Gasteiger partial charge in [-0.15, -0.1) is 6.58 Å². The Morgan fingerprint density at radius 3 is 2.28 bits per heavy atom. The lowest BCUT2D eigenvalue weighted by Crippen LogP contribution is -2.42. The number of ketones is 1. The van der Waals surface area contributed by atoms with Crippen molar-refractivity contribution >= 4 is 5.78 Å². The summed E-state index contributed by atoms with van der Waals surface area (Å²) in [7, 11) is 0. The van der Waals surface area contributed by atoms with E-state index in [1.165, 1.54) is 56.9 Å². The molecule has 4 nitrogen and oxygen atoms in total. The van der Waals surface area contributed by atoms with Crippen LogP contribution >= 0.6 is 0 Å². The average Bonchev–Trinajstić information content (AvgIpc) is 3.56. The Labute approximate surface area is 306 Å². The van der Waals surface area contributed by atoms with Crippen LogP contribution in [-0.2, 0) is 14.3 Å². The van der Waals surface area contributed by atoms with Crippen LogP contribution in [0.2, 0.25) is 0 Å². The van der Waals surface area contributed by atoms with E-state index in [1.807, 2.05) is 36.4 Å². The summed E-state index contributed by atoms with van der Waals surface area (Å²) in [6, 6.07) is 10.2. The number of rotatable bonds is 23. The van der Waals surface area contributed by atoms with Crippen LogP contribution in [0.5, 0.6) is 0 Å². The highest BCUT2D eigenvalue weighted by molar-refractivity contribution is 5.83. The third-order valence-electron chi connectivity index (χ3n) is 11.0. The van der Waals surface area contributed by atoms with E-state index < -0.39 is 0 Å². The van der Waals surface area contributed by atoms with Crippen molar-refractivity contribution in [1.82, 2.24) is 5.32 Å². The molecule has 1 aromatic rings. The Morgan fingerprint density at radius 1 is 0.940 bits per heavy atom. The summed E-state index contributed by atoms with van der Waals surface area (Å²) in [5.41, 5.74) is 5.35. The zero-order valence-corrected chi connectivity index (χ0v) is 32.2. The van der Waals surface area contributed by atoms with E-state index in [0.717, 1.165) is 61.0 Å². The molecule has 4 heteroatoms. The molecule has 0 radical (unpaired) electrons. The third-order valence-corrected chi connectivity index (χ3v) is 11.0. The minimum Gasteiger partial charge on any atom is -0.474 e. The smallest absolute Gasteiger partial charge is 0.180 e. The summed E-state index contributed by atoms with van der Waals surface area (Å²) < 4.78 is 12.6. The van der Waals surface area contributed by atoms with E-state index in [9.17, 15) is 4.79 Å². The molecule has 50 heavy (non-hydrogen) atoms. The van der Waals surface area contributed by atoms with E-state index >= 15 is 0 Å². The van der Waals surface area contributed by atoms with Crippen LogP contribution in [0.3, 0.4) is 0 Å². The quantitative estimate of drug-likeness (QED) is 0.0540. The molecule has 3 rings (SSSR count). The van der Waals surface area contributed by atoms with Gasteiger partial charge in [-0.05, 0) is 133 Å². The topological polar surface area (TPSA) is 47.6 Å². The summed E-state index contributed by atoms with van der Waals surface area (Å²) in [6.07, 6.45) is 17.0. The maximum atomic E-state index is 12.4. The third kappa shape index (κ3) is 13.5. The van der Waals surface area contributed by atoms with Crippen LogP contribution in [0, 0.1) is 23.7 Å². The molecule has 0 heterocycles. The molecule has 2 aliphatic rings. The molecular formula is C46H69NO3. The summed E-state index contributed by atoms with van der Waals surface area (Å²) in [6.45, 7) is 35.6. The van der Waals surface area contributed by atoms with E-state index in [-0.39, 0.29) is 23.3 Å². The fourth-order valence-corrected chi connectivity index (χ4v) is 8.13. The van der Waals surface area contributed by atoms with Crippen molar-refractivity contribution in [3.8, 4) is 0 Å². The second-order valence-electron chi connectivity index (χ2n) is 16.1. The zero-order chi connectivity index (χ0) is 36.7. The van der Waals surface area contributed by atoms with Crippen molar-refractivity contribution in [2.75, 3.05) is 13.2 Å². The van der Waals surface area contributed by atoms with E-state index in [1.54, 1.807) is 6.92 Å². The maximum absolute atomic E-state index is 12.4. The first-order valence-corrected chi connectivity index (χ1v) is 19.4. The fraction of sp³-hybridized carbons (Fsp3) is 0.587. The van der Waals surface area contributed by atoms with Gasteiger partial charge in [0.2, 0.25) is 0 Å². The zero-order valence-electron chi connectivity index (χ0n) is 32.2. The van der Waals surface area contributed by atoms with Gasteiger partial charge >= 0.3 is 0 Å². The molecule has 0 aromatic heterocycles. The first kappa shape index (κ1) is 41.3. The van der Waals surface area contributed by atoms with Crippen LogP contribution in [-0.4, -0.2) is 30.6 Å². The van der Waals surface area contributed by atoms with Crippen molar-refractivity contribution in [2.24, 2.45) is 23.7 Å². The first-order chi connectivity index (χ1) is 23.8. The molecule has 5 unspecified atom stereocenters. The molecule has 1 aromatic carbocycles. The summed E-state index contributed by atoms with van der Waals surface area (Å²) in [5, 5.41) is 3.70. The van der Waals surface area contributed by atoms with Gasteiger partial charge in [-0.1, -0.05) is 105 Å². The van der Waals surface area contributed by atoms with Crippen molar-refractivity contribution in [3.63, 3.8) is 0 Å². The Hall–Kier alpha value is -3.11. The molecular weight excluding hydrogens is 615 g/mol. The molecule has 2 aliphatic carbocycles. The van der Waals surface area contributed by atoms with E-state index in [4.69, 9.17) is 16.1 Å². The number of Topliss-reactive ketones (excluding diaryl/α,β-unsaturated/α-hetero) is 1. The number of carbonyl (C=O) groups excluding carboxylic acids is 1. The van der Waals surface area contributed by atoms with Crippen LogP contribution in [0.4, 0.5) is 0 Å². The van der Waals surface area contributed by atoms with Crippen molar-refractivity contribution in [3.05, 3.63) is 110 Å². The second-order valence-corrected chi connectivity index (χ2v) is 16.1. The van der Waals surface area contributed by atoms with E-state index in [0.29, 0.717) is 42.6 Å². The van der Waals surface area contributed by atoms with Crippen LogP contribution in [0.1, 0.15) is 129 Å². The van der Waals surface area contributed by atoms with Gasteiger partial charge < -0.3 is 14.8 Å². The van der Waals surface area contributed by atoms with Gasteiger partial charge in [0, 0.05) is 19.1 Å². The van der Waals surface area contributed by atoms with Crippen molar-refractivity contribution in [2.45, 2.75) is 135 Å². The maximum Gasteiger partial charge on any atom is 0.180 e. The van der Waals surface area contributed by atoms with Gasteiger partial charge in [-0.25, -0.2) is 0 Å². The number of benzene rings is 1. The van der Waals surface area contributed by atoms with Crippen LogP contribution in [0.25, 0.3) is 0 Å². The lowest BCUT2D eigenvalue weighted by Gasteiger charge is -2.37. The highest BCUT2D eigenvalue weighted by atomic mass is 16.5. The van der Waals surface area contributed by atoms with Gasteiger partial charge in [-0.3, -0.25) is 4.79 Å². The molecule has 0 saturated heterocycles. The largest absolute Gasteiger partial charge is 0.474 e. The highest BCUT2D eigenvalue weighted by Gasteiger charge is 2.36. The first-order valence-electron chi connectivity index (χ1n) is 19.4. The Morgan fingerprint density at radius 2 is 1.64 bits per heavy atom. The predicted octanol–water partition coefficient (Wildman–Crippen LogP) is 12.0. The fourth-order valence-electron chi connectivity index (χ4n) is 8.13. The SMILES string of the molecule is C=CCCC(CCOCC1CCCC1C(=C)C(NC(=C)OC(C)(C)C)C1CCCCC1)C(=C)C(=C)CCC(=C)CC(C(C)=O)c1ccccc1. The highest BCUT2D eigenvalue weighted by Crippen LogP contribution is 2.41. The van der Waals surface area contributed by atoms with Gasteiger partial charge in [0.1, 0.15) is 11.4 Å². The molecule has 276 valence electrons. The molecule has 0 bridgehead atoms. The number of allylic oxidation sites excluding steroid dienone is 4. The average molecular weight is 684 g/mol. The summed E-state index contributed by atoms with van der Waals surface area (Å²) in [5.74, 6) is 2.48. The monoisotopic (exact) mass is 684 g/mol. The van der Waals surface area contributed by atoms with Crippen LogP contribution < -0.4 is 5.32 Å². The molecule has 0 spiro atoms. The van der Waals surface area contributed by atoms with Crippen molar-refractivity contribution in [1.29, 1.82) is 0 Å². The minimum atomic E-state index is -0.287. The lowest BCUT2D eigenvalue weighted by molar-refractivity contribution is -0.118. The Balaban J connectivity index is 1.53. The predicted molar refractivity (Wildman–Crippen MR) is 213 cm³/mol. The Kier molecular flexibility index (Phi) is 17.1. The molecule has 0 aliphatic heterocycles. The summed E-state index contributed by atoms with van der Waals surface area (Å²) >= 11 is 0. The number of hydrogen-bond donors (Lipinski definition) is 1.